The molecular formula is C11H16FNO2. The molecule has 0 aliphatic heterocycles. The molecule has 0 spiro atoms. The van der Waals surface area contributed by atoms with E-state index < -0.39 is 0 Å². The molecule has 0 aliphatic rings. The number of ether oxygens (including phenoxy) is 1. The predicted octanol–water partition coefficient (Wildman–Crippen LogP) is 0.924. The number of hydrogen-bond donors (Lipinski definition) is 2. The summed E-state index contributed by atoms with van der Waals surface area (Å²) < 4.78 is 17.8. The summed E-state index contributed by atoms with van der Waals surface area (Å²) in [7, 11) is 0. The Morgan fingerprint density at radius 3 is 2.93 bits per heavy atom. The van der Waals surface area contributed by atoms with E-state index in [9.17, 15) is 4.39 Å². The zero-order valence-corrected chi connectivity index (χ0v) is 8.58. The molecule has 1 rings (SSSR count). The molecule has 0 saturated carbocycles. The zero-order valence-electron chi connectivity index (χ0n) is 8.58. The number of aliphatic hydroxyl groups excluding tert-OH is 1. The van der Waals surface area contributed by atoms with Crippen LogP contribution >= 0.6 is 0 Å². The van der Waals surface area contributed by atoms with Crippen LogP contribution in [0.15, 0.2) is 24.3 Å². The van der Waals surface area contributed by atoms with Crippen LogP contribution in [-0.2, 0) is 11.3 Å². The van der Waals surface area contributed by atoms with Gasteiger partial charge < -0.3 is 15.2 Å². The van der Waals surface area contributed by atoms with Crippen LogP contribution in [0.25, 0.3) is 0 Å². The number of hydrogen-bond acceptors (Lipinski definition) is 3. The minimum absolute atomic E-state index is 0.0455. The van der Waals surface area contributed by atoms with Crippen molar-refractivity contribution in [2.24, 2.45) is 0 Å². The van der Waals surface area contributed by atoms with Crippen LogP contribution in [0.4, 0.5) is 4.39 Å². The molecule has 4 heteroatoms. The van der Waals surface area contributed by atoms with Gasteiger partial charge in [0.05, 0.1) is 19.8 Å². The highest BCUT2D eigenvalue weighted by Crippen LogP contribution is 2.02. The quantitative estimate of drug-likeness (QED) is 0.662. The maximum atomic E-state index is 12.8. The highest BCUT2D eigenvalue weighted by molar-refractivity contribution is 5.15. The molecule has 0 fully saturated rings. The first kappa shape index (κ1) is 12.1. The Kier molecular flexibility index (Phi) is 5.92. The van der Waals surface area contributed by atoms with Crippen molar-refractivity contribution in [1.29, 1.82) is 0 Å². The average molecular weight is 213 g/mol. The number of aliphatic hydroxyl groups is 1. The minimum atomic E-state index is -0.217. The molecule has 0 radical (unpaired) electrons. The normalized spacial score (nSPS) is 10.5. The van der Waals surface area contributed by atoms with Gasteiger partial charge in [-0.25, -0.2) is 4.39 Å². The molecular weight excluding hydrogens is 197 g/mol. The number of halogens is 1. The highest BCUT2D eigenvalue weighted by Gasteiger charge is 1.94. The third kappa shape index (κ3) is 5.47. The van der Waals surface area contributed by atoms with Gasteiger partial charge in [0.15, 0.2) is 0 Å². The van der Waals surface area contributed by atoms with Crippen LogP contribution in [0, 0.1) is 5.82 Å². The zero-order chi connectivity index (χ0) is 10.9. The molecule has 15 heavy (non-hydrogen) atoms. The van der Waals surface area contributed by atoms with Crippen LogP contribution in [0.2, 0.25) is 0 Å². The van der Waals surface area contributed by atoms with Crippen molar-refractivity contribution in [3.63, 3.8) is 0 Å². The summed E-state index contributed by atoms with van der Waals surface area (Å²) in [5.74, 6) is -0.217. The lowest BCUT2D eigenvalue weighted by atomic mass is 10.2. The topological polar surface area (TPSA) is 41.5 Å². The minimum Gasteiger partial charge on any atom is -0.394 e. The smallest absolute Gasteiger partial charge is 0.123 e. The van der Waals surface area contributed by atoms with Gasteiger partial charge in [0.2, 0.25) is 0 Å². The molecule has 84 valence electrons. The van der Waals surface area contributed by atoms with Crippen molar-refractivity contribution >= 4 is 0 Å². The maximum absolute atomic E-state index is 12.8. The largest absolute Gasteiger partial charge is 0.394 e. The standard InChI is InChI=1S/C11H16FNO2/c12-11-3-1-2-10(8-11)9-13-4-6-15-7-5-14/h1-3,8,13-14H,4-7,9H2. The Labute approximate surface area is 88.9 Å². The summed E-state index contributed by atoms with van der Waals surface area (Å²) in [6.07, 6.45) is 0. The molecule has 0 amide bonds. The van der Waals surface area contributed by atoms with E-state index >= 15 is 0 Å². The van der Waals surface area contributed by atoms with E-state index in [0.29, 0.717) is 26.3 Å². The van der Waals surface area contributed by atoms with Gasteiger partial charge in [0.1, 0.15) is 5.82 Å². The average Bonchev–Trinajstić information content (AvgIpc) is 2.23. The number of benzene rings is 1. The monoisotopic (exact) mass is 213 g/mol. The maximum Gasteiger partial charge on any atom is 0.123 e. The fourth-order valence-electron chi connectivity index (χ4n) is 1.19. The molecule has 0 unspecified atom stereocenters. The summed E-state index contributed by atoms with van der Waals surface area (Å²) in [5.41, 5.74) is 0.914. The summed E-state index contributed by atoms with van der Waals surface area (Å²) in [6, 6.07) is 6.48. The second kappa shape index (κ2) is 7.34. The Morgan fingerprint density at radius 1 is 1.33 bits per heavy atom. The predicted molar refractivity (Wildman–Crippen MR) is 56.0 cm³/mol. The molecule has 0 atom stereocenters. The summed E-state index contributed by atoms with van der Waals surface area (Å²) >= 11 is 0. The van der Waals surface area contributed by atoms with Crippen LogP contribution in [0.5, 0.6) is 0 Å². The van der Waals surface area contributed by atoms with Crippen LogP contribution in [-0.4, -0.2) is 31.5 Å². The molecule has 0 saturated heterocycles. The Morgan fingerprint density at radius 2 is 2.20 bits per heavy atom. The Bertz CT molecular complexity index is 281. The molecule has 0 heterocycles. The van der Waals surface area contributed by atoms with E-state index in [1.165, 1.54) is 12.1 Å². The summed E-state index contributed by atoms with van der Waals surface area (Å²) in [5, 5.41) is 11.6. The van der Waals surface area contributed by atoms with Crippen molar-refractivity contribution < 1.29 is 14.2 Å². The molecule has 2 N–H and O–H groups in total. The van der Waals surface area contributed by atoms with Crippen molar-refractivity contribution in [1.82, 2.24) is 5.32 Å². The molecule has 1 aromatic carbocycles. The lowest BCUT2D eigenvalue weighted by Crippen LogP contribution is -2.20. The van der Waals surface area contributed by atoms with Crippen molar-refractivity contribution in [3.8, 4) is 0 Å². The Hall–Kier alpha value is -0.970. The molecule has 0 aliphatic carbocycles. The van der Waals surface area contributed by atoms with Crippen molar-refractivity contribution in [2.45, 2.75) is 6.54 Å². The van der Waals surface area contributed by atoms with E-state index in [-0.39, 0.29) is 12.4 Å². The van der Waals surface area contributed by atoms with Gasteiger partial charge in [-0.15, -0.1) is 0 Å². The first-order chi connectivity index (χ1) is 7.33. The van der Waals surface area contributed by atoms with E-state index in [4.69, 9.17) is 9.84 Å². The van der Waals surface area contributed by atoms with Gasteiger partial charge in [-0.1, -0.05) is 12.1 Å². The van der Waals surface area contributed by atoms with E-state index in [1.54, 1.807) is 6.07 Å². The lowest BCUT2D eigenvalue weighted by molar-refractivity contribution is 0.0938. The van der Waals surface area contributed by atoms with Gasteiger partial charge in [0, 0.05) is 13.1 Å². The molecule has 3 nitrogen and oxygen atoms in total. The Balaban J connectivity index is 2.10. The van der Waals surface area contributed by atoms with E-state index in [2.05, 4.69) is 5.32 Å². The summed E-state index contributed by atoms with van der Waals surface area (Å²) in [6.45, 7) is 2.28. The first-order valence-corrected chi connectivity index (χ1v) is 4.96. The fraction of sp³-hybridized carbons (Fsp3) is 0.455. The molecule has 0 bridgehead atoms. The van der Waals surface area contributed by atoms with E-state index in [1.807, 2.05) is 6.07 Å². The van der Waals surface area contributed by atoms with Gasteiger partial charge in [-0.3, -0.25) is 0 Å². The second-order valence-corrected chi connectivity index (χ2v) is 3.14. The fourth-order valence-corrected chi connectivity index (χ4v) is 1.19. The van der Waals surface area contributed by atoms with Gasteiger partial charge in [0.25, 0.3) is 0 Å². The van der Waals surface area contributed by atoms with Crippen molar-refractivity contribution in [3.05, 3.63) is 35.6 Å². The SMILES string of the molecule is OCCOCCNCc1cccc(F)c1. The highest BCUT2D eigenvalue weighted by atomic mass is 19.1. The summed E-state index contributed by atoms with van der Waals surface area (Å²) in [4.78, 5) is 0. The molecule has 1 aromatic rings. The third-order valence-electron chi connectivity index (χ3n) is 1.88. The van der Waals surface area contributed by atoms with Crippen molar-refractivity contribution in [2.75, 3.05) is 26.4 Å². The number of nitrogens with one attached hydrogen (secondary N) is 1. The van der Waals surface area contributed by atoms with Gasteiger partial charge >= 0.3 is 0 Å². The van der Waals surface area contributed by atoms with Gasteiger partial charge in [-0.05, 0) is 17.7 Å². The number of rotatable bonds is 7. The van der Waals surface area contributed by atoms with Crippen LogP contribution in [0.1, 0.15) is 5.56 Å². The van der Waals surface area contributed by atoms with Crippen LogP contribution < -0.4 is 5.32 Å². The van der Waals surface area contributed by atoms with E-state index in [0.717, 1.165) is 5.56 Å². The first-order valence-electron chi connectivity index (χ1n) is 4.96. The molecule has 0 aromatic heterocycles. The van der Waals surface area contributed by atoms with Crippen LogP contribution in [0.3, 0.4) is 0 Å². The second-order valence-electron chi connectivity index (χ2n) is 3.14. The van der Waals surface area contributed by atoms with Gasteiger partial charge in [-0.2, -0.15) is 0 Å². The lowest BCUT2D eigenvalue weighted by Gasteiger charge is -2.05. The third-order valence-corrected chi connectivity index (χ3v) is 1.88.